The molecule has 0 heterocycles. The van der Waals surface area contributed by atoms with Crippen LogP contribution in [0.3, 0.4) is 0 Å². The minimum Gasteiger partial charge on any atom is -0.389 e. The molecular weight excluding hydrogens is 270 g/mol. The number of likely N-dealkylation sites (N-methyl/N-ethyl adjacent to an activating group) is 1. The molecule has 0 spiro atoms. The van der Waals surface area contributed by atoms with Gasteiger partial charge in [-0.25, -0.2) is 0 Å². The maximum Gasteiger partial charge on any atom is 0.0773 e. The molecule has 0 bridgehead atoms. The molecule has 2 nitrogen and oxygen atoms in total. The summed E-state index contributed by atoms with van der Waals surface area (Å²) in [5.41, 5.74) is -0.459. The quantitative estimate of drug-likeness (QED) is 0.365. The van der Waals surface area contributed by atoms with Gasteiger partial charge in [-0.2, -0.15) is 0 Å². The lowest BCUT2D eigenvalue weighted by molar-refractivity contribution is -0.00413. The van der Waals surface area contributed by atoms with Gasteiger partial charge < -0.3 is 10.0 Å². The van der Waals surface area contributed by atoms with Gasteiger partial charge in [0, 0.05) is 6.54 Å². The number of unbranched alkanes of at least 4 members (excludes halogenated alkanes) is 10. The third-order valence-corrected chi connectivity index (χ3v) is 4.60. The Morgan fingerprint density at radius 2 is 1.00 bits per heavy atom. The fraction of sp³-hybridized carbons (Fsp3) is 1.00. The molecule has 0 amide bonds. The molecule has 0 aliphatic carbocycles. The van der Waals surface area contributed by atoms with Crippen molar-refractivity contribution in [2.24, 2.45) is 0 Å². The highest BCUT2D eigenvalue weighted by Crippen LogP contribution is 2.24. The molecule has 0 rings (SSSR count). The fourth-order valence-electron chi connectivity index (χ4n) is 3.34. The largest absolute Gasteiger partial charge is 0.389 e. The van der Waals surface area contributed by atoms with E-state index in [1.165, 1.54) is 77.0 Å². The predicted octanol–water partition coefficient (Wildman–Crippen LogP) is 5.78. The van der Waals surface area contributed by atoms with Crippen LogP contribution in [0.4, 0.5) is 0 Å². The van der Waals surface area contributed by atoms with Gasteiger partial charge in [0.05, 0.1) is 5.60 Å². The maximum atomic E-state index is 10.9. The Hall–Kier alpha value is -0.0800. The summed E-state index contributed by atoms with van der Waals surface area (Å²) in [4.78, 5) is 2.15. The van der Waals surface area contributed by atoms with Crippen molar-refractivity contribution in [1.29, 1.82) is 0 Å². The van der Waals surface area contributed by atoms with Crippen molar-refractivity contribution in [3.63, 3.8) is 0 Å². The van der Waals surface area contributed by atoms with Gasteiger partial charge in [-0.3, -0.25) is 0 Å². The third-order valence-electron chi connectivity index (χ3n) is 4.60. The van der Waals surface area contributed by atoms with E-state index in [4.69, 9.17) is 0 Å². The molecule has 0 aromatic carbocycles. The Balaban J connectivity index is 3.90. The zero-order chi connectivity index (χ0) is 16.7. The molecule has 0 saturated carbocycles. The lowest BCUT2D eigenvalue weighted by atomic mass is 9.89. The lowest BCUT2D eigenvalue weighted by Crippen LogP contribution is -2.40. The molecular formula is C20H43NO. The smallest absolute Gasteiger partial charge is 0.0773 e. The van der Waals surface area contributed by atoms with E-state index in [0.717, 1.165) is 19.4 Å². The zero-order valence-corrected chi connectivity index (χ0v) is 16.0. The second kappa shape index (κ2) is 14.5. The maximum absolute atomic E-state index is 10.9. The summed E-state index contributed by atoms with van der Waals surface area (Å²) in [7, 11) is 4.15. The summed E-state index contributed by atoms with van der Waals surface area (Å²) in [6, 6.07) is 0. The standard InChI is InChI=1S/C20H43NO/c1-5-7-9-11-13-15-17-20(22,19-21(3)4)18-16-14-12-10-8-6-2/h22H,5-19H2,1-4H3. The monoisotopic (exact) mass is 313 g/mol. The van der Waals surface area contributed by atoms with E-state index in [1.54, 1.807) is 0 Å². The van der Waals surface area contributed by atoms with E-state index in [1.807, 2.05) is 0 Å². The number of aliphatic hydroxyl groups is 1. The normalized spacial score (nSPS) is 12.3. The van der Waals surface area contributed by atoms with Crippen LogP contribution < -0.4 is 0 Å². The first-order valence-electron chi connectivity index (χ1n) is 9.91. The summed E-state index contributed by atoms with van der Waals surface area (Å²) in [6.45, 7) is 5.34. The number of hydrogen-bond acceptors (Lipinski definition) is 2. The van der Waals surface area contributed by atoms with E-state index in [9.17, 15) is 5.11 Å². The predicted molar refractivity (Wildman–Crippen MR) is 99.5 cm³/mol. The van der Waals surface area contributed by atoms with Crippen molar-refractivity contribution in [3.05, 3.63) is 0 Å². The van der Waals surface area contributed by atoms with Crippen LogP contribution in [0, 0.1) is 0 Å². The summed E-state index contributed by atoms with van der Waals surface area (Å²) >= 11 is 0. The Morgan fingerprint density at radius 3 is 1.36 bits per heavy atom. The van der Waals surface area contributed by atoms with Crippen LogP contribution in [-0.4, -0.2) is 36.2 Å². The van der Waals surface area contributed by atoms with Crippen LogP contribution in [0.1, 0.15) is 104 Å². The molecule has 0 aliphatic rings. The number of nitrogens with zero attached hydrogens (tertiary/aromatic N) is 1. The van der Waals surface area contributed by atoms with Gasteiger partial charge in [0.1, 0.15) is 0 Å². The molecule has 0 aromatic rings. The molecule has 0 atom stereocenters. The highest BCUT2D eigenvalue weighted by molar-refractivity contribution is 4.81. The van der Waals surface area contributed by atoms with Gasteiger partial charge in [-0.1, -0.05) is 90.9 Å². The first kappa shape index (κ1) is 21.9. The lowest BCUT2D eigenvalue weighted by Gasteiger charge is -2.31. The molecule has 0 saturated heterocycles. The number of hydrogen-bond donors (Lipinski definition) is 1. The molecule has 22 heavy (non-hydrogen) atoms. The van der Waals surface area contributed by atoms with Crippen LogP contribution in [-0.2, 0) is 0 Å². The minimum absolute atomic E-state index is 0.459. The van der Waals surface area contributed by atoms with Gasteiger partial charge in [0.25, 0.3) is 0 Å². The molecule has 1 N–H and O–H groups in total. The molecule has 0 aliphatic heterocycles. The SMILES string of the molecule is CCCCCCCCC(O)(CCCCCCCC)CN(C)C. The van der Waals surface area contributed by atoms with Crippen LogP contribution in [0.25, 0.3) is 0 Å². The average Bonchev–Trinajstić information content (AvgIpc) is 2.46. The highest BCUT2D eigenvalue weighted by Gasteiger charge is 2.26. The van der Waals surface area contributed by atoms with Gasteiger partial charge in [-0.15, -0.1) is 0 Å². The van der Waals surface area contributed by atoms with E-state index in [0.29, 0.717) is 0 Å². The highest BCUT2D eigenvalue weighted by atomic mass is 16.3. The molecule has 2 heteroatoms. The summed E-state index contributed by atoms with van der Waals surface area (Å²) in [5, 5.41) is 10.9. The molecule has 0 radical (unpaired) electrons. The summed E-state index contributed by atoms with van der Waals surface area (Å²) in [6.07, 6.45) is 17.6. The first-order valence-corrected chi connectivity index (χ1v) is 9.91. The average molecular weight is 314 g/mol. The van der Waals surface area contributed by atoms with E-state index >= 15 is 0 Å². The molecule has 0 aromatic heterocycles. The third kappa shape index (κ3) is 13.6. The second-order valence-corrected chi connectivity index (χ2v) is 7.50. The van der Waals surface area contributed by atoms with Crippen LogP contribution in [0.2, 0.25) is 0 Å². The minimum atomic E-state index is -0.459. The topological polar surface area (TPSA) is 23.5 Å². The summed E-state index contributed by atoms with van der Waals surface area (Å²) < 4.78 is 0. The van der Waals surface area contributed by atoms with Crippen molar-refractivity contribution in [3.8, 4) is 0 Å². The van der Waals surface area contributed by atoms with E-state index in [-0.39, 0.29) is 0 Å². The Labute approximate surface area is 140 Å². The van der Waals surface area contributed by atoms with Crippen LogP contribution in [0.5, 0.6) is 0 Å². The van der Waals surface area contributed by atoms with E-state index < -0.39 is 5.60 Å². The Bertz CT molecular complexity index is 212. The first-order chi connectivity index (χ1) is 10.5. The van der Waals surface area contributed by atoms with Gasteiger partial charge in [0.2, 0.25) is 0 Å². The number of rotatable bonds is 16. The molecule has 0 fully saturated rings. The Kier molecular flexibility index (Phi) is 14.5. The zero-order valence-electron chi connectivity index (χ0n) is 16.0. The second-order valence-electron chi connectivity index (χ2n) is 7.50. The molecule has 0 unspecified atom stereocenters. The van der Waals surface area contributed by atoms with Gasteiger partial charge in [0.15, 0.2) is 0 Å². The van der Waals surface area contributed by atoms with Crippen molar-refractivity contribution < 1.29 is 5.11 Å². The van der Waals surface area contributed by atoms with Crippen LogP contribution in [0.15, 0.2) is 0 Å². The van der Waals surface area contributed by atoms with Gasteiger partial charge in [-0.05, 0) is 26.9 Å². The van der Waals surface area contributed by atoms with Crippen molar-refractivity contribution in [1.82, 2.24) is 4.90 Å². The molecule has 134 valence electrons. The fourth-order valence-corrected chi connectivity index (χ4v) is 3.34. The van der Waals surface area contributed by atoms with E-state index in [2.05, 4.69) is 32.8 Å². The van der Waals surface area contributed by atoms with Crippen LogP contribution >= 0.6 is 0 Å². The van der Waals surface area contributed by atoms with Gasteiger partial charge >= 0.3 is 0 Å². The van der Waals surface area contributed by atoms with Crippen molar-refractivity contribution >= 4 is 0 Å². The Morgan fingerprint density at radius 1 is 0.636 bits per heavy atom. The van der Waals surface area contributed by atoms with Crippen molar-refractivity contribution in [2.75, 3.05) is 20.6 Å². The van der Waals surface area contributed by atoms with Crippen molar-refractivity contribution in [2.45, 2.75) is 109 Å². The summed E-state index contributed by atoms with van der Waals surface area (Å²) in [5.74, 6) is 0.